The van der Waals surface area contributed by atoms with Gasteiger partial charge < -0.3 is 19.8 Å². The summed E-state index contributed by atoms with van der Waals surface area (Å²) in [5, 5.41) is 2.95. The average Bonchev–Trinajstić information content (AvgIpc) is 3.00. The molecule has 0 saturated heterocycles. The van der Waals surface area contributed by atoms with Crippen molar-refractivity contribution in [3.05, 3.63) is 57.9 Å². The van der Waals surface area contributed by atoms with E-state index in [1.54, 1.807) is 27.7 Å². The second-order valence-corrected chi connectivity index (χ2v) is 7.87. The predicted octanol–water partition coefficient (Wildman–Crippen LogP) is 3.55. The fraction of sp³-hybridized carbons (Fsp3) is 0.435. The molecule has 30 heavy (non-hydrogen) atoms. The number of nitrogens with one attached hydrogen (secondary N) is 2. The van der Waals surface area contributed by atoms with Gasteiger partial charge in [0.2, 0.25) is 0 Å². The minimum absolute atomic E-state index is 0.0759. The molecule has 7 nitrogen and oxygen atoms in total. The second-order valence-electron chi connectivity index (χ2n) is 7.87. The van der Waals surface area contributed by atoms with Gasteiger partial charge in [0.15, 0.2) is 6.61 Å². The lowest BCUT2D eigenvalue weighted by Crippen LogP contribution is -2.34. The quantitative estimate of drug-likeness (QED) is 0.707. The highest BCUT2D eigenvalue weighted by molar-refractivity contribution is 5.99. The second kappa shape index (κ2) is 9.15. The van der Waals surface area contributed by atoms with Crippen molar-refractivity contribution in [3.63, 3.8) is 0 Å². The number of amides is 1. The van der Waals surface area contributed by atoms with Crippen LogP contribution in [0.25, 0.3) is 0 Å². The van der Waals surface area contributed by atoms with E-state index in [2.05, 4.69) is 16.4 Å². The first-order chi connectivity index (χ1) is 14.3. The van der Waals surface area contributed by atoms with Crippen molar-refractivity contribution in [1.82, 2.24) is 10.3 Å². The molecule has 160 valence electrons. The molecular weight excluding hydrogens is 384 g/mol. The first kappa shape index (κ1) is 21.6. The van der Waals surface area contributed by atoms with Crippen molar-refractivity contribution in [1.29, 1.82) is 0 Å². The molecule has 7 heteroatoms. The molecule has 0 bridgehead atoms. The zero-order valence-corrected chi connectivity index (χ0v) is 17.8. The molecular formula is C23H28N2O5. The van der Waals surface area contributed by atoms with E-state index in [9.17, 15) is 14.4 Å². The number of aromatic nitrogens is 1. The smallest absolute Gasteiger partial charge is 0.355 e. The maximum Gasteiger partial charge on any atom is 0.355 e. The minimum atomic E-state index is -0.682. The molecule has 1 amide bonds. The van der Waals surface area contributed by atoms with Crippen LogP contribution in [0.2, 0.25) is 0 Å². The molecule has 0 radical (unpaired) electrons. The molecule has 1 aromatic heterocycles. The normalized spacial score (nSPS) is 15.4. The molecule has 1 heterocycles. The van der Waals surface area contributed by atoms with Gasteiger partial charge in [-0.05, 0) is 63.6 Å². The van der Waals surface area contributed by atoms with Crippen LogP contribution in [0, 0.1) is 13.8 Å². The Morgan fingerprint density at radius 1 is 1.17 bits per heavy atom. The highest BCUT2D eigenvalue weighted by Gasteiger charge is 2.26. The number of benzene rings is 1. The van der Waals surface area contributed by atoms with Gasteiger partial charge in [-0.15, -0.1) is 0 Å². The van der Waals surface area contributed by atoms with Crippen molar-refractivity contribution >= 4 is 17.8 Å². The molecule has 2 aromatic rings. The SMILES string of the molecule is Cc1[nH]c(C(=O)OCC(=O)N[C@H]2CCCc3ccccc32)c(C)c1C(=O)OC(C)C. The zero-order chi connectivity index (χ0) is 21.8. The van der Waals surface area contributed by atoms with Crippen LogP contribution in [0.3, 0.4) is 0 Å². The van der Waals surface area contributed by atoms with Crippen molar-refractivity contribution in [2.24, 2.45) is 0 Å². The van der Waals surface area contributed by atoms with Crippen LogP contribution in [0.1, 0.15) is 76.0 Å². The first-order valence-electron chi connectivity index (χ1n) is 10.2. The molecule has 1 aliphatic carbocycles. The number of hydrogen-bond acceptors (Lipinski definition) is 5. The van der Waals surface area contributed by atoms with E-state index in [4.69, 9.17) is 9.47 Å². The Bertz CT molecular complexity index is 960. The average molecular weight is 412 g/mol. The molecule has 0 unspecified atom stereocenters. The van der Waals surface area contributed by atoms with Crippen LogP contribution in [-0.2, 0) is 20.7 Å². The van der Waals surface area contributed by atoms with Crippen molar-refractivity contribution in [3.8, 4) is 0 Å². The van der Waals surface area contributed by atoms with E-state index in [1.165, 1.54) is 5.56 Å². The maximum absolute atomic E-state index is 12.5. The molecule has 0 fully saturated rings. The van der Waals surface area contributed by atoms with Gasteiger partial charge >= 0.3 is 11.9 Å². The topological polar surface area (TPSA) is 97.5 Å². The fourth-order valence-electron chi connectivity index (χ4n) is 3.88. The largest absolute Gasteiger partial charge is 0.459 e. The van der Waals surface area contributed by atoms with Crippen LogP contribution in [0.5, 0.6) is 0 Å². The van der Waals surface area contributed by atoms with Crippen LogP contribution in [0.4, 0.5) is 0 Å². The van der Waals surface area contributed by atoms with E-state index >= 15 is 0 Å². The van der Waals surface area contributed by atoms with Gasteiger partial charge in [0.1, 0.15) is 5.69 Å². The number of H-pyrrole nitrogens is 1. The molecule has 0 aliphatic heterocycles. The van der Waals surface area contributed by atoms with Crippen molar-refractivity contribution in [2.75, 3.05) is 6.61 Å². The van der Waals surface area contributed by atoms with E-state index in [1.807, 2.05) is 18.2 Å². The van der Waals surface area contributed by atoms with Crippen LogP contribution in [0.15, 0.2) is 24.3 Å². The van der Waals surface area contributed by atoms with Crippen LogP contribution < -0.4 is 5.32 Å². The van der Waals surface area contributed by atoms with E-state index in [-0.39, 0.29) is 30.4 Å². The number of fused-ring (bicyclic) bond motifs is 1. The zero-order valence-electron chi connectivity index (χ0n) is 17.8. The maximum atomic E-state index is 12.5. The Kier molecular flexibility index (Phi) is 6.59. The Labute approximate surface area is 176 Å². The standard InChI is InChI=1S/C23H28N2O5/c1-13(2)30-22(27)20-14(3)21(24-15(20)4)23(28)29-12-19(26)25-18-11-7-9-16-8-5-6-10-17(16)18/h5-6,8,10,13,18,24H,7,9,11-12H2,1-4H3,(H,25,26)/t18-/m0/s1. The van der Waals surface area contributed by atoms with Gasteiger partial charge in [-0.2, -0.15) is 0 Å². The van der Waals surface area contributed by atoms with Crippen molar-refractivity contribution < 1.29 is 23.9 Å². The number of hydrogen-bond donors (Lipinski definition) is 2. The highest BCUT2D eigenvalue weighted by atomic mass is 16.5. The lowest BCUT2D eigenvalue weighted by atomic mass is 9.88. The molecule has 1 atom stereocenters. The molecule has 1 aliphatic rings. The van der Waals surface area contributed by atoms with Gasteiger partial charge in [-0.3, -0.25) is 4.79 Å². The number of carbonyl (C=O) groups excluding carboxylic acids is 3. The summed E-state index contributed by atoms with van der Waals surface area (Å²) in [6, 6.07) is 7.98. The summed E-state index contributed by atoms with van der Waals surface area (Å²) in [5.74, 6) is -1.53. The molecule has 1 aromatic carbocycles. The van der Waals surface area contributed by atoms with Gasteiger partial charge in [-0.1, -0.05) is 24.3 Å². The Morgan fingerprint density at radius 3 is 2.63 bits per heavy atom. The number of aryl methyl sites for hydroxylation is 2. The van der Waals surface area contributed by atoms with E-state index in [0.29, 0.717) is 16.8 Å². The van der Waals surface area contributed by atoms with Gasteiger partial charge in [-0.25, -0.2) is 9.59 Å². The number of carbonyl (C=O) groups is 3. The summed E-state index contributed by atoms with van der Waals surface area (Å²) < 4.78 is 10.4. The van der Waals surface area contributed by atoms with E-state index in [0.717, 1.165) is 24.8 Å². The number of rotatable bonds is 6. The molecule has 0 saturated carbocycles. The van der Waals surface area contributed by atoms with Gasteiger partial charge in [0.05, 0.1) is 17.7 Å². The highest BCUT2D eigenvalue weighted by Crippen LogP contribution is 2.29. The first-order valence-corrected chi connectivity index (χ1v) is 10.2. The summed E-state index contributed by atoms with van der Waals surface area (Å²) in [6.07, 6.45) is 2.59. The predicted molar refractivity (Wildman–Crippen MR) is 111 cm³/mol. The Morgan fingerprint density at radius 2 is 1.90 bits per heavy atom. The molecule has 2 N–H and O–H groups in total. The number of ether oxygens (including phenoxy) is 2. The number of esters is 2. The lowest BCUT2D eigenvalue weighted by molar-refractivity contribution is -0.125. The molecule has 0 spiro atoms. The Hall–Kier alpha value is -3.09. The van der Waals surface area contributed by atoms with Gasteiger partial charge in [0.25, 0.3) is 5.91 Å². The Balaban J connectivity index is 1.61. The van der Waals surface area contributed by atoms with Crippen LogP contribution >= 0.6 is 0 Å². The third-order valence-corrected chi connectivity index (χ3v) is 5.23. The summed E-state index contributed by atoms with van der Waals surface area (Å²) in [5.41, 5.74) is 3.80. The summed E-state index contributed by atoms with van der Waals surface area (Å²) in [4.78, 5) is 40.0. The lowest BCUT2D eigenvalue weighted by Gasteiger charge is -2.26. The van der Waals surface area contributed by atoms with Crippen molar-refractivity contribution in [2.45, 2.75) is 59.1 Å². The summed E-state index contributed by atoms with van der Waals surface area (Å²) in [7, 11) is 0. The third kappa shape index (κ3) is 4.72. The summed E-state index contributed by atoms with van der Waals surface area (Å²) in [6.45, 7) is 6.46. The van der Waals surface area contributed by atoms with E-state index < -0.39 is 11.9 Å². The third-order valence-electron chi connectivity index (χ3n) is 5.23. The fourth-order valence-corrected chi connectivity index (χ4v) is 3.88. The van der Waals surface area contributed by atoms with Crippen LogP contribution in [-0.4, -0.2) is 35.5 Å². The monoisotopic (exact) mass is 412 g/mol. The minimum Gasteiger partial charge on any atom is -0.459 e. The van der Waals surface area contributed by atoms with Gasteiger partial charge in [0, 0.05) is 5.69 Å². The summed E-state index contributed by atoms with van der Waals surface area (Å²) >= 11 is 0. The molecule has 3 rings (SSSR count). The number of aromatic amines is 1.